The molecule has 0 fully saturated rings. The second-order valence-electron chi connectivity index (χ2n) is 4.74. The van der Waals surface area contributed by atoms with Crippen LogP contribution in [0, 0.1) is 5.92 Å². The minimum atomic E-state index is -2.76. The van der Waals surface area contributed by atoms with Crippen LogP contribution in [0.3, 0.4) is 0 Å². The van der Waals surface area contributed by atoms with Crippen molar-refractivity contribution in [3.05, 3.63) is 35.4 Å². The third kappa shape index (κ3) is 3.03. The number of hydrogen-bond donors (Lipinski definition) is 1. The molecule has 0 aromatic heterocycles. The lowest BCUT2D eigenvalue weighted by Gasteiger charge is -2.21. The maximum Gasteiger partial charge on any atom is 0.275 e. The van der Waals surface area contributed by atoms with E-state index in [4.69, 9.17) is 5.73 Å². The third-order valence-electron chi connectivity index (χ3n) is 3.27. The van der Waals surface area contributed by atoms with Gasteiger partial charge in [-0.15, -0.1) is 0 Å². The predicted molar refractivity (Wildman–Crippen MR) is 67.3 cm³/mol. The maximum atomic E-state index is 13.8. The van der Waals surface area contributed by atoms with E-state index >= 15 is 0 Å². The average Bonchev–Trinajstić information content (AvgIpc) is 2.31. The first-order valence-electron chi connectivity index (χ1n) is 6.11. The third-order valence-corrected chi connectivity index (χ3v) is 3.27. The summed E-state index contributed by atoms with van der Waals surface area (Å²) < 4.78 is 27.5. The zero-order valence-corrected chi connectivity index (χ0v) is 10.7. The minimum Gasteiger partial charge on any atom is -0.330 e. The summed E-state index contributed by atoms with van der Waals surface area (Å²) in [5, 5.41) is 0. The summed E-state index contributed by atoms with van der Waals surface area (Å²) in [6.07, 6.45) is 0.927. The van der Waals surface area contributed by atoms with E-state index in [9.17, 15) is 8.78 Å². The lowest BCUT2D eigenvalue weighted by molar-refractivity contribution is -0.0513. The lowest BCUT2D eigenvalue weighted by atomic mass is 9.92. The van der Waals surface area contributed by atoms with Crippen LogP contribution >= 0.6 is 0 Å². The Morgan fingerprint density at radius 1 is 1.18 bits per heavy atom. The molecule has 1 rings (SSSR count). The maximum absolute atomic E-state index is 13.8. The molecule has 3 heteroatoms. The molecule has 1 unspecified atom stereocenters. The molecule has 0 saturated carbocycles. The fraction of sp³-hybridized carbons (Fsp3) is 0.571. The molecule has 17 heavy (non-hydrogen) atoms. The van der Waals surface area contributed by atoms with E-state index in [1.807, 2.05) is 6.92 Å². The van der Waals surface area contributed by atoms with Crippen molar-refractivity contribution in [2.24, 2.45) is 11.7 Å². The molecule has 1 aromatic rings. The second-order valence-corrected chi connectivity index (χ2v) is 4.74. The van der Waals surface area contributed by atoms with Crippen molar-refractivity contribution in [2.45, 2.75) is 39.0 Å². The van der Waals surface area contributed by atoms with E-state index in [2.05, 4.69) is 0 Å². The minimum absolute atomic E-state index is 0.0862. The van der Waals surface area contributed by atoms with Crippen molar-refractivity contribution in [3.8, 4) is 0 Å². The highest BCUT2D eigenvalue weighted by Crippen LogP contribution is 2.36. The zero-order valence-electron chi connectivity index (χ0n) is 10.7. The molecule has 0 amide bonds. The summed E-state index contributed by atoms with van der Waals surface area (Å²) in [7, 11) is 0. The molecule has 1 aromatic carbocycles. The number of nitrogens with two attached hydrogens (primary N) is 1. The summed E-state index contributed by atoms with van der Waals surface area (Å²) in [6.45, 7) is 5.66. The van der Waals surface area contributed by atoms with Crippen molar-refractivity contribution in [2.75, 3.05) is 6.54 Å². The SMILES string of the molecule is CCC(CN)c1ccc(C(F)(F)C(C)C)cc1. The molecule has 0 heterocycles. The van der Waals surface area contributed by atoms with Crippen molar-refractivity contribution in [1.82, 2.24) is 0 Å². The number of halogens is 2. The van der Waals surface area contributed by atoms with Crippen LogP contribution in [0.25, 0.3) is 0 Å². The lowest BCUT2D eigenvalue weighted by Crippen LogP contribution is -2.21. The summed E-state index contributed by atoms with van der Waals surface area (Å²) in [6, 6.07) is 6.58. The van der Waals surface area contributed by atoms with Crippen LogP contribution in [0.15, 0.2) is 24.3 Å². The van der Waals surface area contributed by atoms with Gasteiger partial charge < -0.3 is 5.73 Å². The Labute approximate surface area is 102 Å². The molecule has 0 aliphatic rings. The van der Waals surface area contributed by atoms with Gasteiger partial charge in [0.25, 0.3) is 5.92 Å². The molecule has 2 N–H and O–H groups in total. The van der Waals surface area contributed by atoms with Gasteiger partial charge in [-0.25, -0.2) is 8.78 Å². The highest BCUT2D eigenvalue weighted by molar-refractivity contribution is 5.28. The summed E-state index contributed by atoms with van der Waals surface area (Å²) in [5.41, 5.74) is 6.77. The first kappa shape index (κ1) is 14.1. The summed E-state index contributed by atoms with van der Waals surface area (Å²) >= 11 is 0. The fourth-order valence-corrected chi connectivity index (χ4v) is 1.85. The molecular formula is C14H21F2N. The Bertz CT molecular complexity index is 340. The van der Waals surface area contributed by atoms with Gasteiger partial charge in [-0.1, -0.05) is 45.0 Å². The van der Waals surface area contributed by atoms with Gasteiger partial charge in [0.2, 0.25) is 0 Å². The molecule has 0 saturated heterocycles. The normalized spacial score (nSPS) is 14.1. The monoisotopic (exact) mass is 241 g/mol. The van der Waals surface area contributed by atoms with Gasteiger partial charge in [-0.3, -0.25) is 0 Å². The van der Waals surface area contributed by atoms with Crippen molar-refractivity contribution in [3.63, 3.8) is 0 Å². The van der Waals surface area contributed by atoms with Crippen molar-refractivity contribution in [1.29, 1.82) is 0 Å². The first-order valence-corrected chi connectivity index (χ1v) is 6.11. The van der Waals surface area contributed by atoms with E-state index in [0.717, 1.165) is 12.0 Å². The van der Waals surface area contributed by atoms with Crippen LogP contribution in [0.2, 0.25) is 0 Å². The Balaban J connectivity index is 2.95. The van der Waals surface area contributed by atoms with E-state index in [0.29, 0.717) is 6.54 Å². The summed E-state index contributed by atoms with van der Waals surface area (Å²) in [4.78, 5) is 0. The Morgan fingerprint density at radius 3 is 2.06 bits per heavy atom. The fourth-order valence-electron chi connectivity index (χ4n) is 1.85. The smallest absolute Gasteiger partial charge is 0.275 e. The van der Waals surface area contributed by atoms with E-state index < -0.39 is 11.8 Å². The average molecular weight is 241 g/mol. The Morgan fingerprint density at radius 2 is 1.71 bits per heavy atom. The summed E-state index contributed by atoms with van der Waals surface area (Å²) in [5.74, 6) is -3.19. The Kier molecular flexibility index (Phi) is 4.63. The zero-order chi connectivity index (χ0) is 13.1. The van der Waals surface area contributed by atoms with E-state index in [1.165, 1.54) is 26.0 Å². The van der Waals surface area contributed by atoms with Crippen LogP contribution in [-0.2, 0) is 5.92 Å². The van der Waals surface area contributed by atoms with Crippen LogP contribution in [0.5, 0.6) is 0 Å². The quantitative estimate of drug-likeness (QED) is 0.831. The molecule has 0 aliphatic heterocycles. The molecular weight excluding hydrogens is 220 g/mol. The van der Waals surface area contributed by atoms with E-state index in [1.54, 1.807) is 12.1 Å². The van der Waals surface area contributed by atoms with Gasteiger partial charge in [0.05, 0.1) is 0 Å². The Hall–Kier alpha value is -0.960. The molecule has 1 nitrogen and oxygen atoms in total. The molecule has 96 valence electrons. The molecule has 0 aliphatic carbocycles. The topological polar surface area (TPSA) is 26.0 Å². The standard InChI is InChI=1S/C14H21F2N/c1-4-11(9-17)12-5-7-13(8-6-12)14(15,16)10(2)3/h5-8,10-11H,4,9,17H2,1-3H3. The van der Waals surface area contributed by atoms with Crippen LogP contribution in [-0.4, -0.2) is 6.54 Å². The van der Waals surface area contributed by atoms with Gasteiger partial charge in [-0.2, -0.15) is 0 Å². The number of rotatable bonds is 5. The molecule has 0 bridgehead atoms. The highest BCUT2D eigenvalue weighted by Gasteiger charge is 2.35. The second kappa shape index (κ2) is 5.58. The van der Waals surface area contributed by atoms with Crippen LogP contribution in [0.1, 0.15) is 44.2 Å². The van der Waals surface area contributed by atoms with Crippen molar-refractivity contribution < 1.29 is 8.78 Å². The molecule has 1 atom stereocenters. The predicted octanol–water partition coefficient (Wildman–Crippen LogP) is 3.89. The number of benzene rings is 1. The van der Waals surface area contributed by atoms with Crippen LogP contribution < -0.4 is 5.73 Å². The largest absolute Gasteiger partial charge is 0.330 e. The van der Waals surface area contributed by atoms with E-state index in [-0.39, 0.29) is 11.5 Å². The number of hydrogen-bond acceptors (Lipinski definition) is 1. The van der Waals surface area contributed by atoms with Gasteiger partial charge in [-0.05, 0) is 24.4 Å². The van der Waals surface area contributed by atoms with Gasteiger partial charge >= 0.3 is 0 Å². The van der Waals surface area contributed by atoms with Crippen LogP contribution in [0.4, 0.5) is 8.78 Å². The first-order chi connectivity index (χ1) is 7.93. The highest BCUT2D eigenvalue weighted by atomic mass is 19.3. The molecule has 0 radical (unpaired) electrons. The van der Waals surface area contributed by atoms with Gasteiger partial charge in [0.15, 0.2) is 0 Å². The van der Waals surface area contributed by atoms with Crippen molar-refractivity contribution >= 4 is 0 Å². The van der Waals surface area contributed by atoms with Gasteiger partial charge in [0, 0.05) is 11.5 Å². The number of alkyl halides is 2. The van der Waals surface area contributed by atoms with Gasteiger partial charge in [0.1, 0.15) is 0 Å². The molecule has 0 spiro atoms.